The second-order valence-electron chi connectivity index (χ2n) is 5.93. The molecule has 6 heteroatoms. The van der Waals surface area contributed by atoms with Gasteiger partial charge in [-0.25, -0.2) is 13.2 Å². The highest BCUT2D eigenvalue weighted by atomic mass is 32.2. The molecule has 24 heavy (non-hydrogen) atoms. The Morgan fingerprint density at radius 3 is 2.58 bits per heavy atom. The molecule has 2 aromatic carbocycles. The number of benzene rings is 2. The van der Waals surface area contributed by atoms with Gasteiger partial charge >= 0.3 is 5.97 Å². The van der Waals surface area contributed by atoms with E-state index < -0.39 is 16.0 Å². The van der Waals surface area contributed by atoms with Crippen molar-refractivity contribution in [2.75, 3.05) is 18.0 Å². The van der Waals surface area contributed by atoms with Crippen LogP contribution in [0.4, 0.5) is 5.69 Å². The molecule has 0 saturated carbocycles. The molecule has 0 N–H and O–H groups in total. The van der Waals surface area contributed by atoms with Crippen LogP contribution in [0.5, 0.6) is 0 Å². The summed E-state index contributed by atoms with van der Waals surface area (Å²) in [6.07, 6.45) is 0.574. The van der Waals surface area contributed by atoms with Crippen LogP contribution >= 0.6 is 0 Å². The zero-order valence-electron chi connectivity index (χ0n) is 13.9. The van der Waals surface area contributed by atoms with Crippen molar-refractivity contribution in [1.29, 1.82) is 0 Å². The van der Waals surface area contributed by atoms with Crippen LogP contribution in [0.3, 0.4) is 0 Å². The normalized spacial score (nSPS) is 13.7. The van der Waals surface area contributed by atoms with Crippen LogP contribution in [0.25, 0.3) is 0 Å². The monoisotopic (exact) mass is 345 g/mol. The molecule has 0 radical (unpaired) electrons. The summed E-state index contributed by atoms with van der Waals surface area (Å²) in [6.45, 7) is 4.04. The predicted octanol–water partition coefficient (Wildman–Crippen LogP) is 2.84. The van der Waals surface area contributed by atoms with Crippen LogP contribution in [0.1, 0.15) is 27.0 Å². The Hall–Kier alpha value is -2.34. The second-order valence-corrected chi connectivity index (χ2v) is 7.76. The zero-order valence-corrected chi connectivity index (χ0v) is 14.7. The standard InChI is InChI=1S/C18H19NO4S/c1-12-4-5-13(2)17(10-12)24(21,22)19-9-8-14-11-15(18(20)23-3)6-7-16(14)19/h4-7,10-11H,8-9H2,1-3H3. The molecular formula is C18H19NO4S. The van der Waals surface area contributed by atoms with Gasteiger partial charge in [-0.05, 0) is 61.2 Å². The fourth-order valence-electron chi connectivity index (χ4n) is 2.97. The molecule has 0 saturated heterocycles. The number of hydrogen-bond donors (Lipinski definition) is 0. The van der Waals surface area contributed by atoms with E-state index >= 15 is 0 Å². The molecule has 3 rings (SSSR count). The maximum Gasteiger partial charge on any atom is 0.337 e. The summed E-state index contributed by atoms with van der Waals surface area (Å²) in [5.41, 5.74) is 3.53. The first-order valence-electron chi connectivity index (χ1n) is 7.66. The molecule has 2 aromatic rings. The van der Waals surface area contributed by atoms with E-state index in [0.717, 1.165) is 16.7 Å². The van der Waals surface area contributed by atoms with Gasteiger partial charge in [-0.2, -0.15) is 0 Å². The third-order valence-electron chi connectivity index (χ3n) is 4.27. The van der Waals surface area contributed by atoms with Crippen LogP contribution in [0.2, 0.25) is 0 Å². The first kappa shape index (κ1) is 16.5. The molecule has 0 amide bonds. The molecule has 1 heterocycles. The maximum absolute atomic E-state index is 13.1. The number of ether oxygens (including phenoxy) is 1. The second kappa shape index (κ2) is 5.94. The summed E-state index contributed by atoms with van der Waals surface area (Å²) in [6, 6.07) is 10.4. The molecule has 0 unspecified atom stereocenters. The van der Waals surface area contributed by atoms with Crippen LogP contribution < -0.4 is 4.31 Å². The third kappa shape index (κ3) is 2.67. The number of anilines is 1. The van der Waals surface area contributed by atoms with E-state index in [0.29, 0.717) is 29.1 Å². The number of carbonyl (C=O) groups is 1. The van der Waals surface area contributed by atoms with Gasteiger partial charge in [0.2, 0.25) is 0 Å². The lowest BCUT2D eigenvalue weighted by Crippen LogP contribution is -2.29. The average molecular weight is 345 g/mol. The lowest BCUT2D eigenvalue weighted by molar-refractivity contribution is 0.0600. The minimum atomic E-state index is -3.63. The van der Waals surface area contributed by atoms with Crippen molar-refractivity contribution < 1.29 is 17.9 Å². The SMILES string of the molecule is COC(=O)c1ccc2c(c1)CCN2S(=O)(=O)c1cc(C)ccc1C. The van der Waals surface area contributed by atoms with Gasteiger partial charge in [0.1, 0.15) is 0 Å². The van der Waals surface area contributed by atoms with Crippen LogP contribution in [-0.4, -0.2) is 28.0 Å². The van der Waals surface area contributed by atoms with Crippen molar-refractivity contribution in [2.24, 2.45) is 0 Å². The molecular weight excluding hydrogens is 326 g/mol. The Morgan fingerprint density at radius 2 is 1.88 bits per heavy atom. The molecule has 5 nitrogen and oxygen atoms in total. The van der Waals surface area contributed by atoms with E-state index in [2.05, 4.69) is 0 Å². The van der Waals surface area contributed by atoms with Gasteiger partial charge < -0.3 is 4.74 Å². The Kier molecular flexibility index (Phi) is 4.09. The molecule has 0 aromatic heterocycles. The topological polar surface area (TPSA) is 63.7 Å². The van der Waals surface area contributed by atoms with Crippen molar-refractivity contribution in [3.63, 3.8) is 0 Å². The van der Waals surface area contributed by atoms with Crippen molar-refractivity contribution in [3.05, 3.63) is 58.7 Å². The number of hydrogen-bond acceptors (Lipinski definition) is 4. The van der Waals surface area contributed by atoms with Gasteiger partial charge in [-0.15, -0.1) is 0 Å². The molecule has 0 aliphatic carbocycles. The van der Waals surface area contributed by atoms with Crippen LogP contribution in [0.15, 0.2) is 41.3 Å². The number of carbonyl (C=O) groups excluding carboxylic acids is 1. The highest BCUT2D eigenvalue weighted by molar-refractivity contribution is 7.93. The summed E-state index contributed by atoms with van der Waals surface area (Å²) in [5.74, 6) is -0.423. The summed E-state index contributed by atoms with van der Waals surface area (Å²) >= 11 is 0. The molecule has 0 fully saturated rings. The quantitative estimate of drug-likeness (QED) is 0.803. The van der Waals surface area contributed by atoms with Crippen LogP contribution in [-0.2, 0) is 21.2 Å². The van der Waals surface area contributed by atoms with Crippen molar-refractivity contribution in [3.8, 4) is 0 Å². The van der Waals surface area contributed by atoms with E-state index in [1.165, 1.54) is 11.4 Å². The van der Waals surface area contributed by atoms with Crippen molar-refractivity contribution in [1.82, 2.24) is 0 Å². The minimum absolute atomic E-state index is 0.326. The number of rotatable bonds is 3. The van der Waals surface area contributed by atoms with Gasteiger partial charge in [0.05, 0.1) is 23.3 Å². The van der Waals surface area contributed by atoms with E-state index in [-0.39, 0.29) is 0 Å². The number of methoxy groups -OCH3 is 1. The predicted molar refractivity (Wildman–Crippen MR) is 91.9 cm³/mol. The number of fused-ring (bicyclic) bond motifs is 1. The largest absolute Gasteiger partial charge is 0.465 e. The molecule has 1 aliphatic heterocycles. The average Bonchev–Trinajstić information content (AvgIpc) is 3.00. The lowest BCUT2D eigenvalue weighted by atomic mass is 10.1. The zero-order chi connectivity index (χ0) is 17.5. The molecule has 0 atom stereocenters. The number of nitrogens with zero attached hydrogens (tertiary/aromatic N) is 1. The Balaban J connectivity index is 2.04. The van der Waals surface area contributed by atoms with E-state index in [4.69, 9.17) is 4.74 Å². The molecule has 0 spiro atoms. The minimum Gasteiger partial charge on any atom is -0.465 e. The fourth-order valence-corrected chi connectivity index (χ4v) is 4.79. The summed E-state index contributed by atoms with van der Waals surface area (Å²) in [5, 5.41) is 0. The van der Waals surface area contributed by atoms with Crippen molar-refractivity contribution >= 4 is 21.7 Å². The summed E-state index contributed by atoms with van der Waals surface area (Å²) in [7, 11) is -2.30. The first-order valence-corrected chi connectivity index (χ1v) is 9.10. The number of esters is 1. The third-order valence-corrected chi connectivity index (χ3v) is 6.22. The summed E-state index contributed by atoms with van der Waals surface area (Å²) < 4.78 is 32.3. The Labute approximate surface area is 141 Å². The number of sulfonamides is 1. The Bertz CT molecular complexity index is 919. The van der Waals surface area contributed by atoms with Gasteiger partial charge in [0, 0.05) is 6.54 Å². The van der Waals surface area contributed by atoms with Crippen LogP contribution in [0, 0.1) is 13.8 Å². The first-order chi connectivity index (χ1) is 11.3. The molecule has 0 bridgehead atoms. The van der Waals surface area contributed by atoms with E-state index in [9.17, 15) is 13.2 Å². The van der Waals surface area contributed by atoms with E-state index in [1.54, 1.807) is 31.2 Å². The maximum atomic E-state index is 13.1. The molecule has 126 valence electrons. The van der Waals surface area contributed by atoms with Crippen molar-refractivity contribution in [2.45, 2.75) is 25.2 Å². The smallest absolute Gasteiger partial charge is 0.337 e. The van der Waals surface area contributed by atoms with Gasteiger partial charge in [0.15, 0.2) is 0 Å². The Morgan fingerprint density at radius 1 is 1.12 bits per heavy atom. The number of aryl methyl sites for hydroxylation is 2. The van der Waals surface area contributed by atoms with E-state index in [1.807, 2.05) is 19.1 Å². The molecule has 1 aliphatic rings. The van der Waals surface area contributed by atoms with Gasteiger partial charge in [-0.3, -0.25) is 4.31 Å². The fraction of sp³-hybridized carbons (Fsp3) is 0.278. The highest BCUT2D eigenvalue weighted by Crippen LogP contribution is 2.34. The van der Waals surface area contributed by atoms with Gasteiger partial charge in [0.25, 0.3) is 10.0 Å². The lowest BCUT2D eigenvalue weighted by Gasteiger charge is -2.21. The highest BCUT2D eigenvalue weighted by Gasteiger charge is 2.32. The van der Waals surface area contributed by atoms with Gasteiger partial charge in [-0.1, -0.05) is 12.1 Å². The summed E-state index contributed by atoms with van der Waals surface area (Å²) in [4.78, 5) is 12.0.